The number of hydrogen-bond acceptors (Lipinski definition) is 5. The average Bonchev–Trinajstić information content (AvgIpc) is 3.00. The van der Waals surface area contributed by atoms with Gasteiger partial charge in [0.15, 0.2) is 0 Å². The molecule has 1 saturated heterocycles. The Kier molecular flexibility index (Phi) is 3.42. The highest BCUT2D eigenvalue weighted by molar-refractivity contribution is 7.18. The molecule has 3 N–H and O–H groups in total. The molecule has 4 rings (SSSR count). The molecule has 1 fully saturated rings. The van der Waals surface area contributed by atoms with Crippen molar-refractivity contribution >= 4 is 29.0 Å². The van der Waals surface area contributed by atoms with Gasteiger partial charge in [0.25, 0.3) is 5.91 Å². The molecule has 24 heavy (non-hydrogen) atoms. The first-order valence-electron chi connectivity index (χ1n) is 7.69. The van der Waals surface area contributed by atoms with Crippen LogP contribution >= 0.6 is 11.3 Å². The quantitative estimate of drug-likeness (QED) is 0.739. The molecule has 0 aromatic carbocycles. The summed E-state index contributed by atoms with van der Waals surface area (Å²) in [6, 6.07) is 5.75. The number of rotatable bonds is 1. The van der Waals surface area contributed by atoms with Crippen molar-refractivity contribution in [1.29, 1.82) is 0 Å². The summed E-state index contributed by atoms with van der Waals surface area (Å²) in [4.78, 5) is 30.8. The second-order valence-electron chi connectivity index (χ2n) is 6.06. The van der Waals surface area contributed by atoms with Crippen LogP contribution in [0.3, 0.4) is 0 Å². The molecule has 0 saturated carbocycles. The highest BCUT2D eigenvalue weighted by Crippen LogP contribution is 2.39. The Balaban J connectivity index is 1.66. The third kappa shape index (κ3) is 2.48. The first-order chi connectivity index (χ1) is 11.6. The maximum absolute atomic E-state index is 12.6. The maximum Gasteiger partial charge on any atom is 0.407 e. The molecule has 2 amide bonds. The molecule has 2 aliphatic rings. The number of thiophene rings is 1. The standard InChI is InChI=1S/C16H16N4O3S/c21-14-13-11(8-12(24-13)10-2-5-17-6-3-10)18-16(19-14)4-1-7-20(9-16)15(22)23/h2-3,5-6,8,18H,1,4,7,9H2,(H,19,21)(H,22,23). The lowest BCUT2D eigenvalue weighted by atomic mass is 9.95. The number of nitrogens with zero attached hydrogens (tertiary/aromatic N) is 2. The fourth-order valence-electron chi connectivity index (χ4n) is 3.30. The van der Waals surface area contributed by atoms with Crippen LogP contribution < -0.4 is 10.6 Å². The van der Waals surface area contributed by atoms with Gasteiger partial charge in [0.05, 0.1) is 12.2 Å². The molecule has 7 nitrogen and oxygen atoms in total. The van der Waals surface area contributed by atoms with Crippen LogP contribution in [0.4, 0.5) is 10.5 Å². The second-order valence-corrected chi connectivity index (χ2v) is 7.11. The molecular formula is C16H16N4O3S. The number of aromatic nitrogens is 1. The van der Waals surface area contributed by atoms with Gasteiger partial charge in [0.2, 0.25) is 0 Å². The molecule has 8 heteroatoms. The number of pyridine rings is 1. The van der Waals surface area contributed by atoms with E-state index in [4.69, 9.17) is 0 Å². The van der Waals surface area contributed by atoms with Gasteiger partial charge in [0.1, 0.15) is 10.5 Å². The van der Waals surface area contributed by atoms with E-state index in [9.17, 15) is 14.7 Å². The van der Waals surface area contributed by atoms with Crippen molar-refractivity contribution < 1.29 is 14.7 Å². The van der Waals surface area contributed by atoms with Crippen LogP contribution in [0.5, 0.6) is 0 Å². The predicted molar refractivity (Wildman–Crippen MR) is 90.2 cm³/mol. The van der Waals surface area contributed by atoms with E-state index in [2.05, 4.69) is 15.6 Å². The molecule has 124 valence electrons. The Bertz CT molecular complexity index is 807. The summed E-state index contributed by atoms with van der Waals surface area (Å²) in [6.45, 7) is 0.737. The van der Waals surface area contributed by atoms with Crippen molar-refractivity contribution in [2.24, 2.45) is 0 Å². The maximum atomic E-state index is 12.6. The number of likely N-dealkylation sites (tertiary alicyclic amines) is 1. The summed E-state index contributed by atoms with van der Waals surface area (Å²) in [5, 5.41) is 15.6. The number of carboxylic acid groups (broad SMARTS) is 1. The van der Waals surface area contributed by atoms with Crippen LogP contribution in [-0.4, -0.2) is 45.7 Å². The summed E-state index contributed by atoms with van der Waals surface area (Å²) in [7, 11) is 0. The van der Waals surface area contributed by atoms with Crippen molar-refractivity contribution in [2.45, 2.75) is 18.5 Å². The Morgan fingerprint density at radius 2 is 2.12 bits per heavy atom. The zero-order valence-corrected chi connectivity index (χ0v) is 13.6. The summed E-state index contributed by atoms with van der Waals surface area (Å²) in [6.07, 6.45) is 3.88. The summed E-state index contributed by atoms with van der Waals surface area (Å²) in [5.41, 5.74) is 1.05. The molecule has 1 unspecified atom stereocenters. The molecule has 2 aromatic rings. The molecule has 1 atom stereocenters. The van der Waals surface area contributed by atoms with E-state index in [1.165, 1.54) is 16.2 Å². The lowest BCUT2D eigenvalue weighted by Crippen LogP contribution is -2.65. The van der Waals surface area contributed by atoms with Gasteiger partial charge in [-0.05, 0) is 36.6 Å². The fraction of sp³-hybridized carbons (Fsp3) is 0.312. The van der Waals surface area contributed by atoms with Gasteiger partial charge in [-0.3, -0.25) is 9.78 Å². The van der Waals surface area contributed by atoms with E-state index in [0.29, 0.717) is 24.3 Å². The zero-order valence-electron chi connectivity index (χ0n) is 12.8. The van der Waals surface area contributed by atoms with Gasteiger partial charge in [-0.15, -0.1) is 11.3 Å². The molecule has 1 spiro atoms. The third-order valence-corrected chi connectivity index (χ3v) is 5.58. The van der Waals surface area contributed by atoms with Gasteiger partial charge < -0.3 is 20.6 Å². The van der Waals surface area contributed by atoms with Crippen molar-refractivity contribution in [3.8, 4) is 10.4 Å². The average molecular weight is 344 g/mol. The van der Waals surface area contributed by atoms with E-state index in [1.807, 2.05) is 18.2 Å². The van der Waals surface area contributed by atoms with Crippen molar-refractivity contribution in [1.82, 2.24) is 15.2 Å². The van der Waals surface area contributed by atoms with Crippen LogP contribution in [-0.2, 0) is 0 Å². The van der Waals surface area contributed by atoms with E-state index < -0.39 is 11.8 Å². The highest BCUT2D eigenvalue weighted by Gasteiger charge is 2.43. The van der Waals surface area contributed by atoms with Crippen LogP contribution in [0.1, 0.15) is 22.5 Å². The summed E-state index contributed by atoms with van der Waals surface area (Å²) >= 11 is 1.42. The van der Waals surface area contributed by atoms with E-state index in [0.717, 1.165) is 16.1 Å². The van der Waals surface area contributed by atoms with E-state index in [-0.39, 0.29) is 12.5 Å². The first-order valence-corrected chi connectivity index (χ1v) is 8.51. The van der Waals surface area contributed by atoms with Crippen LogP contribution in [0.2, 0.25) is 0 Å². The summed E-state index contributed by atoms with van der Waals surface area (Å²) in [5.74, 6) is -0.152. The number of fused-ring (bicyclic) bond motifs is 1. The number of nitrogens with one attached hydrogen (secondary N) is 2. The lowest BCUT2D eigenvalue weighted by molar-refractivity contribution is 0.0781. The Hall–Kier alpha value is -2.61. The Morgan fingerprint density at radius 1 is 1.33 bits per heavy atom. The molecule has 2 aliphatic heterocycles. The monoisotopic (exact) mass is 344 g/mol. The lowest BCUT2D eigenvalue weighted by Gasteiger charge is -2.45. The minimum Gasteiger partial charge on any atom is -0.465 e. The van der Waals surface area contributed by atoms with Crippen molar-refractivity contribution in [3.05, 3.63) is 35.5 Å². The van der Waals surface area contributed by atoms with Crippen LogP contribution in [0.25, 0.3) is 10.4 Å². The molecule has 0 aliphatic carbocycles. The third-order valence-electron chi connectivity index (χ3n) is 4.39. The predicted octanol–water partition coefficient (Wildman–Crippen LogP) is 2.44. The SMILES string of the molecule is O=C1NC2(CCCN(C(=O)O)C2)Nc2cc(-c3ccncc3)sc21. The van der Waals surface area contributed by atoms with E-state index >= 15 is 0 Å². The topological polar surface area (TPSA) is 94.6 Å². The number of piperidine rings is 1. The fourth-order valence-corrected chi connectivity index (χ4v) is 4.31. The van der Waals surface area contributed by atoms with Crippen molar-refractivity contribution in [2.75, 3.05) is 18.4 Å². The normalized spacial score (nSPS) is 22.7. The molecule has 4 heterocycles. The molecule has 2 aromatic heterocycles. The highest BCUT2D eigenvalue weighted by atomic mass is 32.1. The van der Waals surface area contributed by atoms with Gasteiger partial charge in [0, 0.05) is 23.8 Å². The minimum atomic E-state index is -0.960. The molecular weight excluding hydrogens is 328 g/mol. The van der Waals surface area contributed by atoms with Crippen LogP contribution in [0, 0.1) is 0 Å². The number of carbonyl (C=O) groups is 2. The Morgan fingerprint density at radius 3 is 2.88 bits per heavy atom. The molecule has 0 bridgehead atoms. The van der Waals surface area contributed by atoms with E-state index in [1.54, 1.807) is 12.4 Å². The first kappa shape index (κ1) is 14.9. The van der Waals surface area contributed by atoms with Gasteiger partial charge in [-0.25, -0.2) is 4.79 Å². The minimum absolute atomic E-state index is 0.152. The number of carbonyl (C=O) groups excluding carboxylic acids is 1. The Labute approximate surface area is 142 Å². The summed E-state index contributed by atoms with van der Waals surface area (Å²) < 4.78 is 0. The number of hydrogen-bond donors (Lipinski definition) is 3. The van der Waals surface area contributed by atoms with Crippen molar-refractivity contribution in [3.63, 3.8) is 0 Å². The smallest absolute Gasteiger partial charge is 0.407 e. The number of amides is 2. The van der Waals surface area contributed by atoms with Gasteiger partial charge in [-0.1, -0.05) is 0 Å². The second kappa shape index (κ2) is 5.48. The van der Waals surface area contributed by atoms with Crippen LogP contribution in [0.15, 0.2) is 30.6 Å². The van der Waals surface area contributed by atoms with Gasteiger partial charge in [-0.2, -0.15) is 0 Å². The number of anilines is 1. The zero-order chi connectivity index (χ0) is 16.7. The molecule has 0 radical (unpaired) electrons. The van der Waals surface area contributed by atoms with Gasteiger partial charge >= 0.3 is 6.09 Å². The largest absolute Gasteiger partial charge is 0.465 e.